The van der Waals surface area contributed by atoms with Crippen LogP contribution in [0.4, 0.5) is 0 Å². The van der Waals surface area contributed by atoms with Crippen LogP contribution in [0.3, 0.4) is 0 Å². The molecule has 2 aromatic carbocycles. The van der Waals surface area contributed by atoms with Crippen LogP contribution in [0.5, 0.6) is 0 Å². The number of hydrogen-bond donors (Lipinski definition) is 0. The van der Waals surface area contributed by atoms with Crippen molar-refractivity contribution < 1.29 is 32.5 Å². The maximum atomic E-state index is 4.29. The number of aryl methyl sites for hydroxylation is 2. The monoisotopic (exact) mass is 720 g/mol. The van der Waals surface area contributed by atoms with E-state index in [0.29, 0.717) is 0 Å². The molecule has 0 unspecified atom stereocenters. The maximum Gasteiger partial charge on any atom is 3.00 e. The Morgan fingerprint density at radius 2 is 0.850 bits per heavy atom. The first-order valence-corrected chi connectivity index (χ1v) is 12.3. The van der Waals surface area contributed by atoms with Gasteiger partial charge in [-0.2, -0.15) is 0 Å². The van der Waals surface area contributed by atoms with Crippen LogP contribution in [0.2, 0.25) is 0 Å². The van der Waals surface area contributed by atoms with Crippen molar-refractivity contribution in [3.8, 4) is 33.9 Å². The van der Waals surface area contributed by atoms with Gasteiger partial charge in [0.2, 0.25) is 0 Å². The van der Waals surface area contributed by atoms with Gasteiger partial charge in [-0.1, -0.05) is 24.3 Å². The van der Waals surface area contributed by atoms with Crippen LogP contribution >= 0.6 is 0 Å². The van der Waals surface area contributed by atoms with Gasteiger partial charge in [-0.3, -0.25) is 9.97 Å². The summed E-state index contributed by atoms with van der Waals surface area (Å²) in [5.74, 6) is 0. The van der Waals surface area contributed by atoms with Crippen molar-refractivity contribution in [3.63, 3.8) is 0 Å². The van der Waals surface area contributed by atoms with Crippen molar-refractivity contribution in [1.82, 2.24) is 19.9 Å². The Labute approximate surface area is 256 Å². The van der Waals surface area contributed by atoms with Crippen LogP contribution in [0, 0.1) is 26.0 Å². The third kappa shape index (κ3) is 10.3. The molecule has 0 fully saturated rings. The largest absolute Gasteiger partial charge is 3.00 e. The van der Waals surface area contributed by atoms with E-state index in [1.54, 1.807) is 12.4 Å². The summed E-state index contributed by atoms with van der Waals surface area (Å²) in [6.07, 6.45) is 7.20. The topological polar surface area (TPSA) is 51.6 Å². The van der Waals surface area contributed by atoms with Crippen molar-refractivity contribution in [2.24, 2.45) is 0 Å². The van der Waals surface area contributed by atoms with Crippen LogP contribution in [-0.4, -0.2) is 19.9 Å². The first-order valence-electron chi connectivity index (χ1n) is 12.3. The smallest absolute Gasteiger partial charge is 1.00 e. The summed E-state index contributed by atoms with van der Waals surface area (Å²) in [6.45, 7) is 4.11. The molecule has 0 aliphatic carbocycles. The fourth-order valence-corrected chi connectivity index (χ4v) is 3.50. The molecule has 4 nitrogen and oxygen atoms in total. The van der Waals surface area contributed by atoms with E-state index in [9.17, 15) is 0 Å². The summed E-state index contributed by atoms with van der Waals surface area (Å²) in [7, 11) is 0. The summed E-state index contributed by atoms with van der Waals surface area (Å²) in [5.41, 5.74) is 8.31. The minimum atomic E-state index is 0. The number of hydrogen-bond acceptors (Lipinski definition) is 4. The Hall–Kier alpha value is -4.02. The molecule has 0 saturated heterocycles. The Morgan fingerprint density at radius 1 is 0.450 bits per heavy atom. The van der Waals surface area contributed by atoms with E-state index >= 15 is 0 Å². The van der Waals surface area contributed by atoms with Crippen LogP contribution in [0.15, 0.2) is 134 Å². The molecule has 0 radical (unpaired) electrons. The molecule has 200 valence electrons. The van der Waals surface area contributed by atoms with Crippen molar-refractivity contribution >= 4 is 0 Å². The Kier molecular flexibility index (Phi) is 14.1. The number of pyridine rings is 4. The van der Waals surface area contributed by atoms with Crippen molar-refractivity contribution in [3.05, 3.63) is 157 Å². The van der Waals surface area contributed by atoms with Gasteiger partial charge in [-0.25, -0.2) is 0 Å². The Bertz CT molecular complexity index is 1320. The van der Waals surface area contributed by atoms with Crippen molar-refractivity contribution in [2.45, 2.75) is 13.8 Å². The molecule has 40 heavy (non-hydrogen) atoms. The summed E-state index contributed by atoms with van der Waals surface area (Å²) in [4.78, 5) is 17.0. The summed E-state index contributed by atoms with van der Waals surface area (Å²) in [6, 6.07) is 41.7. The van der Waals surface area contributed by atoms with Crippen LogP contribution in [-0.2, 0) is 20.1 Å². The Balaban J connectivity index is 0.000000206. The van der Waals surface area contributed by atoms with E-state index < -0.39 is 0 Å². The van der Waals surface area contributed by atoms with Gasteiger partial charge < -0.3 is 22.4 Å². The average Bonchev–Trinajstić information content (AvgIpc) is 3.00. The third-order valence-corrected chi connectivity index (χ3v) is 5.39. The average molecular weight is 720 g/mol. The zero-order chi connectivity index (χ0) is 26.4. The van der Waals surface area contributed by atoms with E-state index in [1.807, 2.05) is 122 Å². The maximum absolute atomic E-state index is 4.29. The quantitative estimate of drug-likeness (QED) is 0.246. The summed E-state index contributed by atoms with van der Waals surface area (Å²) in [5, 5.41) is 0. The molecule has 0 bridgehead atoms. The van der Waals surface area contributed by atoms with E-state index in [2.05, 4.69) is 45.9 Å². The normalized spacial score (nSPS) is 9.35. The fraction of sp³-hybridized carbons (Fsp3) is 0.0588. The predicted octanol–water partition coefficient (Wildman–Crippen LogP) is 4.86. The number of aromatic nitrogens is 4. The second-order valence-corrected chi connectivity index (χ2v) is 8.42. The van der Waals surface area contributed by atoms with Crippen LogP contribution in [0.25, 0.3) is 33.9 Å². The molecule has 0 atom stereocenters. The van der Waals surface area contributed by atoms with Gasteiger partial charge in [0.25, 0.3) is 0 Å². The molecule has 0 aliphatic rings. The first-order chi connectivity index (χ1) is 18.7. The molecule has 6 heteroatoms. The van der Waals surface area contributed by atoms with Crippen LogP contribution < -0.4 is 12.4 Å². The molecule has 4 aromatic heterocycles. The minimum Gasteiger partial charge on any atom is -1.00 e. The van der Waals surface area contributed by atoms with E-state index in [4.69, 9.17) is 0 Å². The minimum absolute atomic E-state index is 0. The molecule has 0 aliphatic heterocycles. The molecular formula is C34H28ClIrN4. The fourth-order valence-electron chi connectivity index (χ4n) is 3.50. The second-order valence-electron chi connectivity index (χ2n) is 8.42. The molecule has 6 aromatic rings. The van der Waals surface area contributed by atoms with Gasteiger partial charge in [0, 0.05) is 24.8 Å². The van der Waals surface area contributed by atoms with Gasteiger partial charge in [-0.05, 0) is 72.8 Å². The number of benzene rings is 2. The van der Waals surface area contributed by atoms with Crippen molar-refractivity contribution in [2.75, 3.05) is 0 Å². The third-order valence-electron chi connectivity index (χ3n) is 5.39. The Morgan fingerprint density at radius 3 is 1.18 bits per heavy atom. The molecular weight excluding hydrogens is 692 g/mol. The molecule has 0 N–H and O–H groups in total. The van der Waals surface area contributed by atoms with Gasteiger partial charge in [-0.15, -0.1) is 71.8 Å². The summed E-state index contributed by atoms with van der Waals surface area (Å²) < 4.78 is 0. The summed E-state index contributed by atoms with van der Waals surface area (Å²) >= 11 is 0. The van der Waals surface area contributed by atoms with Crippen LogP contribution in [0.1, 0.15) is 11.1 Å². The number of halogens is 1. The predicted molar refractivity (Wildman–Crippen MR) is 154 cm³/mol. The molecule has 0 saturated carbocycles. The molecule has 0 amide bonds. The van der Waals surface area contributed by atoms with E-state index in [1.165, 1.54) is 11.1 Å². The molecule has 0 spiro atoms. The number of nitrogens with zero attached hydrogens (tertiary/aromatic N) is 4. The van der Waals surface area contributed by atoms with Crippen molar-refractivity contribution in [1.29, 1.82) is 0 Å². The van der Waals surface area contributed by atoms with Gasteiger partial charge in [0.05, 0.1) is 11.4 Å². The van der Waals surface area contributed by atoms with Gasteiger partial charge >= 0.3 is 20.1 Å². The zero-order valence-electron chi connectivity index (χ0n) is 22.2. The standard InChI is InChI=1S/C12H12N2.2C11H8N.ClH.Ir/c1-9-3-5-13-11(7-9)12-8-10(2)4-6-14-12;2*1-2-6-10(7-3-1)11-8-4-5-9-12-11;;/h3-8H,1-2H3;2*1-6,8-9H;1H;/q;2*-1;;+3/p-1. The molecule has 6 rings (SSSR count). The van der Waals surface area contributed by atoms with Gasteiger partial charge in [0.1, 0.15) is 0 Å². The SMILES string of the molecule is Cc1ccnc(-c2cc(C)ccn2)c1.[Cl-].[Ir+3].[c-]1ccccc1-c1ccccn1.[c-]1ccccc1-c1ccccn1. The number of rotatable bonds is 3. The van der Waals surface area contributed by atoms with E-state index in [-0.39, 0.29) is 32.5 Å². The van der Waals surface area contributed by atoms with Gasteiger partial charge in [0.15, 0.2) is 0 Å². The molecule has 4 heterocycles. The second kappa shape index (κ2) is 17.5. The van der Waals surface area contributed by atoms with E-state index in [0.717, 1.165) is 33.9 Å². The first kappa shape index (κ1) is 32.2. The zero-order valence-corrected chi connectivity index (χ0v) is 25.4.